The van der Waals surface area contributed by atoms with Gasteiger partial charge in [0.15, 0.2) is 0 Å². The summed E-state index contributed by atoms with van der Waals surface area (Å²) in [5, 5.41) is 3.00. The number of nitrogens with zero attached hydrogens (tertiary/aromatic N) is 2. The van der Waals surface area contributed by atoms with Crippen LogP contribution in [0.3, 0.4) is 0 Å². The molecule has 0 aliphatic carbocycles. The van der Waals surface area contributed by atoms with Gasteiger partial charge in [-0.3, -0.25) is 4.79 Å². The zero-order valence-electron chi connectivity index (χ0n) is 15.0. The Hall–Kier alpha value is -3.28. The molecule has 1 N–H and O–H groups in total. The first-order valence-electron chi connectivity index (χ1n) is 8.23. The molecule has 0 aliphatic rings. The Kier molecular flexibility index (Phi) is 5.22. The van der Waals surface area contributed by atoms with Gasteiger partial charge >= 0.3 is 0 Å². The van der Waals surface area contributed by atoms with Crippen LogP contribution in [0.2, 0.25) is 0 Å². The molecular weight excluding hydrogens is 330 g/mol. The summed E-state index contributed by atoms with van der Waals surface area (Å²) < 4.78 is 12.4. The van der Waals surface area contributed by atoms with E-state index >= 15 is 0 Å². The highest BCUT2D eigenvalue weighted by atomic mass is 16.5. The molecule has 0 saturated heterocycles. The molecule has 6 heteroatoms. The molecule has 0 aliphatic heterocycles. The lowest BCUT2D eigenvalue weighted by atomic mass is 10.1. The van der Waals surface area contributed by atoms with Crippen molar-refractivity contribution in [3.05, 3.63) is 72.3 Å². The van der Waals surface area contributed by atoms with E-state index in [2.05, 4.69) is 10.3 Å². The quantitative estimate of drug-likeness (QED) is 0.739. The van der Waals surface area contributed by atoms with Crippen molar-refractivity contribution < 1.29 is 14.3 Å². The first kappa shape index (κ1) is 17.5. The Morgan fingerprint density at radius 2 is 1.88 bits per heavy atom. The first-order valence-corrected chi connectivity index (χ1v) is 8.23. The number of aromatic nitrogens is 2. The largest absolute Gasteiger partial charge is 0.497 e. The second kappa shape index (κ2) is 7.74. The maximum absolute atomic E-state index is 12.6. The molecule has 0 bridgehead atoms. The van der Waals surface area contributed by atoms with Gasteiger partial charge < -0.3 is 19.4 Å². The number of amides is 1. The average Bonchev–Trinajstić information content (AvgIpc) is 3.22. The number of hydrogen-bond donors (Lipinski definition) is 1. The third kappa shape index (κ3) is 3.69. The summed E-state index contributed by atoms with van der Waals surface area (Å²) >= 11 is 0. The van der Waals surface area contributed by atoms with E-state index in [1.54, 1.807) is 37.8 Å². The Morgan fingerprint density at radius 1 is 1.12 bits per heavy atom. The summed E-state index contributed by atoms with van der Waals surface area (Å²) in [6, 6.07) is 13.0. The molecule has 1 amide bonds. The fourth-order valence-electron chi connectivity index (χ4n) is 2.69. The number of imidazole rings is 1. The van der Waals surface area contributed by atoms with Crippen LogP contribution in [0.15, 0.2) is 61.2 Å². The summed E-state index contributed by atoms with van der Waals surface area (Å²) in [5.74, 6) is 0.918. The van der Waals surface area contributed by atoms with E-state index in [1.165, 1.54) is 7.11 Å². The molecule has 1 aromatic heterocycles. The third-order valence-electron chi connectivity index (χ3n) is 4.20. The Morgan fingerprint density at radius 3 is 2.50 bits per heavy atom. The third-order valence-corrected chi connectivity index (χ3v) is 4.20. The second-order valence-corrected chi connectivity index (χ2v) is 5.82. The highest BCUT2D eigenvalue weighted by molar-refractivity contribution is 5.97. The maximum Gasteiger partial charge on any atom is 0.255 e. The summed E-state index contributed by atoms with van der Waals surface area (Å²) in [6.45, 7) is 1.94. The van der Waals surface area contributed by atoms with E-state index in [9.17, 15) is 4.79 Å². The number of carbonyl (C=O) groups excluding carboxylic acids is 1. The summed E-state index contributed by atoms with van der Waals surface area (Å²) in [6.07, 6.45) is 5.37. The van der Waals surface area contributed by atoms with Crippen molar-refractivity contribution in [1.82, 2.24) is 14.9 Å². The summed E-state index contributed by atoms with van der Waals surface area (Å²) in [5.41, 5.74) is 2.49. The summed E-state index contributed by atoms with van der Waals surface area (Å²) in [7, 11) is 3.11. The van der Waals surface area contributed by atoms with Crippen LogP contribution < -0.4 is 14.8 Å². The molecule has 2 aromatic carbocycles. The Bertz CT molecular complexity index is 874. The van der Waals surface area contributed by atoms with Gasteiger partial charge in [0.1, 0.15) is 11.5 Å². The molecule has 134 valence electrons. The number of benzene rings is 2. The van der Waals surface area contributed by atoms with Gasteiger partial charge in [-0.1, -0.05) is 12.1 Å². The molecule has 0 fully saturated rings. The van der Waals surface area contributed by atoms with Crippen LogP contribution in [0.5, 0.6) is 11.5 Å². The van der Waals surface area contributed by atoms with E-state index in [-0.39, 0.29) is 11.9 Å². The van der Waals surface area contributed by atoms with Gasteiger partial charge in [0.25, 0.3) is 5.91 Å². The first-order chi connectivity index (χ1) is 12.6. The van der Waals surface area contributed by atoms with Crippen molar-refractivity contribution in [2.24, 2.45) is 0 Å². The van der Waals surface area contributed by atoms with Crippen LogP contribution in [0, 0.1) is 0 Å². The lowest BCUT2D eigenvalue weighted by Gasteiger charge is -2.16. The van der Waals surface area contributed by atoms with Gasteiger partial charge in [0.05, 0.1) is 32.2 Å². The fourth-order valence-corrected chi connectivity index (χ4v) is 2.69. The standard InChI is InChI=1S/C20H21N3O3/c1-14(15-4-6-16(7-5-15)23-11-10-21-13-23)22-20(24)18-9-8-17(25-2)12-19(18)26-3/h4-14H,1-3H3,(H,22,24)/t14-/m0/s1. The monoisotopic (exact) mass is 351 g/mol. The molecule has 6 nitrogen and oxygen atoms in total. The minimum Gasteiger partial charge on any atom is -0.497 e. The predicted molar refractivity (Wildman–Crippen MR) is 99.0 cm³/mol. The molecule has 26 heavy (non-hydrogen) atoms. The van der Waals surface area contributed by atoms with Gasteiger partial charge in [0, 0.05) is 24.1 Å². The van der Waals surface area contributed by atoms with Gasteiger partial charge in [-0.2, -0.15) is 0 Å². The molecule has 0 spiro atoms. The molecule has 3 rings (SSSR count). The zero-order chi connectivity index (χ0) is 18.5. The number of hydrogen-bond acceptors (Lipinski definition) is 4. The second-order valence-electron chi connectivity index (χ2n) is 5.82. The van der Waals surface area contributed by atoms with E-state index in [4.69, 9.17) is 9.47 Å². The smallest absolute Gasteiger partial charge is 0.255 e. The van der Waals surface area contributed by atoms with Crippen LogP contribution in [0.25, 0.3) is 5.69 Å². The van der Waals surface area contributed by atoms with E-state index < -0.39 is 0 Å². The van der Waals surface area contributed by atoms with Crippen molar-refractivity contribution in [2.75, 3.05) is 14.2 Å². The maximum atomic E-state index is 12.6. The van der Waals surface area contributed by atoms with Crippen LogP contribution in [0.1, 0.15) is 28.9 Å². The minimum absolute atomic E-state index is 0.147. The molecule has 3 aromatic rings. The molecule has 0 radical (unpaired) electrons. The van der Waals surface area contributed by atoms with Crippen molar-refractivity contribution in [1.29, 1.82) is 0 Å². The highest BCUT2D eigenvalue weighted by Gasteiger charge is 2.16. The number of methoxy groups -OCH3 is 2. The number of carbonyl (C=O) groups is 1. The van der Waals surface area contributed by atoms with Crippen molar-refractivity contribution in [2.45, 2.75) is 13.0 Å². The predicted octanol–water partition coefficient (Wildman–Crippen LogP) is 3.38. The fraction of sp³-hybridized carbons (Fsp3) is 0.200. The summed E-state index contributed by atoms with van der Waals surface area (Å²) in [4.78, 5) is 16.7. The molecule has 0 unspecified atom stereocenters. The SMILES string of the molecule is COc1ccc(C(=O)N[C@@H](C)c2ccc(-n3ccnc3)cc2)c(OC)c1. The minimum atomic E-state index is -0.198. The lowest BCUT2D eigenvalue weighted by Crippen LogP contribution is -2.27. The van der Waals surface area contributed by atoms with Gasteiger partial charge in [-0.15, -0.1) is 0 Å². The van der Waals surface area contributed by atoms with Crippen LogP contribution >= 0.6 is 0 Å². The molecular formula is C20H21N3O3. The van der Waals surface area contributed by atoms with Gasteiger partial charge in [-0.05, 0) is 36.8 Å². The molecule has 0 saturated carbocycles. The van der Waals surface area contributed by atoms with Gasteiger partial charge in [0.2, 0.25) is 0 Å². The molecule has 1 atom stereocenters. The van der Waals surface area contributed by atoms with Crippen LogP contribution in [-0.2, 0) is 0 Å². The van der Waals surface area contributed by atoms with Crippen molar-refractivity contribution in [3.63, 3.8) is 0 Å². The van der Waals surface area contributed by atoms with Crippen LogP contribution in [-0.4, -0.2) is 29.7 Å². The number of rotatable bonds is 6. The van der Waals surface area contributed by atoms with Crippen molar-refractivity contribution >= 4 is 5.91 Å². The number of nitrogens with one attached hydrogen (secondary N) is 1. The van der Waals surface area contributed by atoms with Crippen molar-refractivity contribution in [3.8, 4) is 17.2 Å². The lowest BCUT2D eigenvalue weighted by molar-refractivity contribution is 0.0937. The number of ether oxygens (including phenoxy) is 2. The zero-order valence-corrected chi connectivity index (χ0v) is 15.0. The van der Waals surface area contributed by atoms with Crippen LogP contribution in [0.4, 0.5) is 0 Å². The van der Waals surface area contributed by atoms with E-state index in [0.29, 0.717) is 17.1 Å². The highest BCUT2D eigenvalue weighted by Crippen LogP contribution is 2.25. The Labute approximate surface area is 152 Å². The van der Waals surface area contributed by atoms with Gasteiger partial charge in [-0.25, -0.2) is 4.98 Å². The van der Waals surface area contributed by atoms with E-state index in [0.717, 1.165) is 11.3 Å². The normalized spacial score (nSPS) is 11.7. The Balaban J connectivity index is 1.73. The average molecular weight is 351 g/mol. The van der Waals surface area contributed by atoms with E-state index in [1.807, 2.05) is 42.0 Å². The molecule has 1 heterocycles. The topological polar surface area (TPSA) is 65.4 Å².